The number of rotatable bonds is 4. The summed E-state index contributed by atoms with van der Waals surface area (Å²) >= 11 is 0. The standard InChI is InChI=1S/C13H19NO/c1-4-14-13(15)9-11-7-5-6-8-12(11)10(2)3/h5-8,10H,4,9H2,1-3H3,(H,14,15). The number of amides is 1. The lowest BCUT2D eigenvalue weighted by atomic mass is 9.95. The Morgan fingerprint density at radius 2 is 2.00 bits per heavy atom. The molecule has 1 amide bonds. The minimum Gasteiger partial charge on any atom is -0.356 e. The molecule has 0 unspecified atom stereocenters. The smallest absolute Gasteiger partial charge is 0.224 e. The van der Waals surface area contributed by atoms with Crippen LogP contribution in [0.4, 0.5) is 0 Å². The lowest BCUT2D eigenvalue weighted by Gasteiger charge is -2.12. The first kappa shape index (κ1) is 11.8. The largest absolute Gasteiger partial charge is 0.356 e. The van der Waals surface area contributed by atoms with Crippen LogP contribution in [0.15, 0.2) is 24.3 Å². The topological polar surface area (TPSA) is 29.1 Å². The highest BCUT2D eigenvalue weighted by Crippen LogP contribution is 2.19. The highest BCUT2D eigenvalue weighted by atomic mass is 16.1. The van der Waals surface area contributed by atoms with Gasteiger partial charge in [-0.2, -0.15) is 0 Å². The van der Waals surface area contributed by atoms with Gasteiger partial charge in [-0.3, -0.25) is 4.79 Å². The van der Waals surface area contributed by atoms with Crippen LogP contribution in [-0.2, 0) is 11.2 Å². The molecule has 15 heavy (non-hydrogen) atoms. The van der Waals surface area contributed by atoms with Gasteiger partial charge < -0.3 is 5.32 Å². The summed E-state index contributed by atoms with van der Waals surface area (Å²) in [7, 11) is 0. The molecular formula is C13H19NO. The molecular weight excluding hydrogens is 186 g/mol. The number of hydrogen-bond acceptors (Lipinski definition) is 1. The van der Waals surface area contributed by atoms with Gasteiger partial charge in [0.05, 0.1) is 6.42 Å². The van der Waals surface area contributed by atoms with Gasteiger partial charge in [-0.1, -0.05) is 38.1 Å². The molecule has 0 fully saturated rings. The molecule has 0 radical (unpaired) electrons. The Morgan fingerprint density at radius 1 is 1.33 bits per heavy atom. The zero-order valence-electron chi connectivity index (χ0n) is 9.71. The van der Waals surface area contributed by atoms with Crippen LogP contribution >= 0.6 is 0 Å². The first-order chi connectivity index (χ1) is 7.15. The van der Waals surface area contributed by atoms with Crippen molar-refractivity contribution >= 4 is 5.91 Å². The number of carbonyl (C=O) groups is 1. The molecule has 1 rings (SSSR count). The molecule has 2 nitrogen and oxygen atoms in total. The molecule has 0 aliphatic heterocycles. The summed E-state index contributed by atoms with van der Waals surface area (Å²) < 4.78 is 0. The maximum absolute atomic E-state index is 11.5. The van der Waals surface area contributed by atoms with Crippen LogP contribution in [0.25, 0.3) is 0 Å². The lowest BCUT2D eigenvalue weighted by Crippen LogP contribution is -2.24. The normalized spacial score (nSPS) is 10.4. The van der Waals surface area contributed by atoms with Crippen molar-refractivity contribution in [1.29, 1.82) is 0 Å². The summed E-state index contributed by atoms with van der Waals surface area (Å²) in [6, 6.07) is 8.14. The second-order valence-electron chi connectivity index (χ2n) is 3.98. The van der Waals surface area contributed by atoms with E-state index in [1.807, 2.05) is 25.1 Å². The fraction of sp³-hybridized carbons (Fsp3) is 0.462. The quantitative estimate of drug-likeness (QED) is 0.804. The molecule has 0 aliphatic rings. The van der Waals surface area contributed by atoms with Gasteiger partial charge in [-0.05, 0) is 24.0 Å². The van der Waals surface area contributed by atoms with E-state index < -0.39 is 0 Å². The fourth-order valence-electron chi connectivity index (χ4n) is 1.69. The van der Waals surface area contributed by atoms with E-state index in [0.29, 0.717) is 18.9 Å². The van der Waals surface area contributed by atoms with Gasteiger partial charge in [-0.25, -0.2) is 0 Å². The number of carbonyl (C=O) groups excluding carboxylic acids is 1. The molecule has 0 heterocycles. The van der Waals surface area contributed by atoms with Gasteiger partial charge in [-0.15, -0.1) is 0 Å². The highest BCUT2D eigenvalue weighted by Gasteiger charge is 2.08. The van der Waals surface area contributed by atoms with Crippen molar-refractivity contribution in [3.63, 3.8) is 0 Å². The molecule has 0 saturated heterocycles. The summed E-state index contributed by atoms with van der Waals surface area (Å²) in [4.78, 5) is 11.5. The van der Waals surface area contributed by atoms with Crippen molar-refractivity contribution in [1.82, 2.24) is 5.32 Å². The van der Waals surface area contributed by atoms with Crippen molar-refractivity contribution < 1.29 is 4.79 Å². The van der Waals surface area contributed by atoms with E-state index in [0.717, 1.165) is 5.56 Å². The average Bonchev–Trinajstić information content (AvgIpc) is 2.18. The minimum absolute atomic E-state index is 0.102. The zero-order valence-corrected chi connectivity index (χ0v) is 9.71. The summed E-state index contributed by atoms with van der Waals surface area (Å²) in [5, 5.41) is 2.82. The van der Waals surface area contributed by atoms with Crippen molar-refractivity contribution in [2.75, 3.05) is 6.54 Å². The molecule has 0 saturated carbocycles. The van der Waals surface area contributed by atoms with E-state index >= 15 is 0 Å². The van der Waals surface area contributed by atoms with Gasteiger partial charge in [0.15, 0.2) is 0 Å². The van der Waals surface area contributed by atoms with Gasteiger partial charge in [0.2, 0.25) is 5.91 Å². The van der Waals surface area contributed by atoms with Crippen LogP contribution in [0.1, 0.15) is 37.8 Å². The monoisotopic (exact) mass is 205 g/mol. The average molecular weight is 205 g/mol. The molecule has 0 spiro atoms. The van der Waals surface area contributed by atoms with Gasteiger partial charge in [0.1, 0.15) is 0 Å². The molecule has 1 aromatic carbocycles. The SMILES string of the molecule is CCNC(=O)Cc1ccccc1C(C)C. The third-order valence-corrected chi connectivity index (χ3v) is 2.40. The Kier molecular flexibility index (Phi) is 4.35. The number of nitrogens with one attached hydrogen (secondary N) is 1. The Labute approximate surface area is 91.7 Å². The third kappa shape index (κ3) is 3.39. The number of likely N-dealkylation sites (N-methyl/N-ethyl adjacent to an activating group) is 1. The molecule has 0 bridgehead atoms. The Bertz CT molecular complexity index is 331. The molecule has 82 valence electrons. The van der Waals surface area contributed by atoms with E-state index in [9.17, 15) is 4.79 Å². The lowest BCUT2D eigenvalue weighted by molar-refractivity contribution is -0.120. The van der Waals surface area contributed by atoms with Crippen molar-refractivity contribution in [2.45, 2.75) is 33.1 Å². The number of hydrogen-bond donors (Lipinski definition) is 1. The predicted molar refractivity (Wildman–Crippen MR) is 62.9 cm³/mol. The molecule has 1 N–H and O–H groups in total. The van der Waals surface area contributed by atoms with E-state index in [-0.39, 0.29) is 5.91 Å². The maximum Gasteiger partial charge on any atom is 0.224 e. The van der Waals surface area contributed by atoms with Gasteiger partial charge >= 0.3 is 0 Å². The van der Waals surface area contributed by atoms with Gasteiger partial charge in [0.25, 0.3) is 0 Å². The Hall–Kier alpha value is -1.31. The van der Waals surface area contributed by atoms with Crippen LogP contribution in [0, 0.1) is 0 Å². The van der Waals surface area contributed by atoms with Crippen LogP contribution in [0.3, 0.4) is 0 Å². The van der Waals surface area contributed by atoms with E-state index in [2.05, 4.69) is 25.2 Å². The van der Waals surface area contributed by atoms with E-state index in [1.54, 1.807) is 0 Å². The number of benzene rings is 1. The third-order valence-electron chi connectivity index (χ3n) is 2.40. The van der Waals surface area contributed by atoms with Crippen molar-refractivity contribution in [3.05, 3.63) is 35.4 Å². The summed E-state index contributed by atoms with van der Waals surface area (Å²) in [6.45, 7) is 6.93. The summed E-state index contributed by atoms with van der Waals surface area (Å²) in [5.41, 5.74) is 2.40. The van der Waals surface area contributed by atoms with Crippen molar-refractivity contribution in [2.24, 2.45) is 0 Å². The van der Waals surface area contributed by atoms with Crippen LogP contribution in [0.5, 0.6) is 0 Å². The minimum atomic E-state index is 0.102. The summed E-state index contributed by atoms with van der Waals surface area (Å²) in [5.74, 6) is 0.571. The zero-order chi connectivity index (χ0) is 11.3. The second-order valence-corrected chi connectivity index (χ2v) is 3.98. The molecule has 0 aliphatic carbocycles. The Morgan fingerprint density at radius 3 is 2.60 bits per heavy atom. The predicted octanol–water partition coefficient (Wildman–Crippen LogP) is 2.49. The van der Waals surface area contributed by atoms with E-state index in [1.165, 1.54) is 5.56 Å². The Balaban J connectivity index is 2.80. The molecule has 2 heteroatoms. The highest BCUT2D eigenvalue weighted by molar-refractivity contribution is 5.78. The van der Waals surface area contributed by atoms with Crippen LogP contribution < -0.4 is 5.32 Å². The first-order valence-corrected chi connectivity index (χ1v) is 5.49. The first-order valence-electron chi connectivity index (χ1n) is 5.49. The molecule has 0 aromatic heterocycles. The summed E-state index contributed by atoms with van der Waals surface area (Å²) in [6.07, 6.45) is 0.488. The van der Waals surface area contributed by atoms with Gasteiger partial charge in [0, 0.05) is 6.54 Å². The van der Waals surface area contributed by atoms with Crippen molar-refractivity contribution in [3.8, 4) is 0 Å². The van der Waals surface area contributed by atoms with E-state index in [4.69, 9.17) is 0 Å². The van der Waals surface area contributed by atoms with Crippen LogP contribution in [0.2, 0.25) is 0 Å². The fourth-order valence-corrected chi connectivity index (χ4v) is 1.69. The maximum atomic E-state index is 11.5. The second kappa shape index (κ2) is 5.54. The van der Waals surface area contributed by atoms with Crippen LogP contribution in [-0.4, -0.2) is 12.5 Å². The molecule has 0 atom stereocenters. The molecule has 1 aromatic rings.